The summed E-state index contributed by atoms with van der Waals surface area (Å²) in [7, 11) is 0. The molecule has 2 aliphatic rings. The van der Waals surface area contributed by atoms with Crippen molar-refractivity contribution < 1.29 is 14.3 Å². The Labute approximate surface area is 167 Å². The first kappa shape index (κ1) is 19.0. The van der Waals surface area contributed by atoms with Gasteiger partial charge in [-0.25, -0.2) is 0 Å². The lowest BCUT2D eigenvalue weighted by Gasteiger charge is -2.41. The van der Waals surface area contributed by atoms with Gasteiger partial charge in [0.15, 0.2) is 0 Å². The molecule has 1 saturated heterocycles. The van der Waals surface area contributed by atoms with Crippen LogP contribution >= 0.6 is 0 Å². The van der Waals surface area contributed by atoms with E-state index < -0.39 is 5.41 Å². The Bertz CT molecular complexity index is 837. The number of aryl methyl sites for hydroxylation is 1. The maximum Gasteiger partial charge on any atom is 0.233 e. The molecule has 0 unspecified atom stereocenters. The second-order valence-corrected chi connectivity index (χ2v) is 7.90. The van der Waals surface area contributed by atoms with Crippen LogP contribution in [0.3, 0.4) is 0 Å². The number of amides is 1. The second-order valence-electron chi connectivity index (χ2n) is 7.90. The first-order valence-electron chi connectivity index (χ1n) is 10.3. The van der Waals surface area contributed by atoms with Gasteiger partial charge in [0.2, 0.25) is 5.91 Å². The summed E-state index contributed by atoms with van der Waals surface area (Å²) in [5.41, 5.74) is 4.40. The van der Waals surface area contributed by atoms with Crippen molar-refractivity contribution in [2.75, 3.05) is 26.4 Å². The Balaban J connectivity index is 1.62. The topological polar surface area (TPSA) is 38.8 Å². The van der Waals surface area contributed by atoms with Crippen LogP contribution in [0.5, 0.6) is 5.75 Å². The lowest BCUT2D eigenvalue weighted by atomic mass is 9.72. The third-order valence-electron chi connectivity index (χ3n) is 6.15. The Morgan fingerprint density at radius 3 is 2.57 bits per heavy atom. The first-order chi connectivity index (χ1) is 13.6. The summed E-state index contributed by atoms with van der Waals surface area (Å²) in [5, 5.41) is 0. The number of carbonyl (C=O) groups excluding carboxylic acids is 1. The summed E-state index contributed by atoms with van der Waals surface area (Å²) >= 11 is 0. The molecule has 0 N–H and O–H groups in total. The largest absolute Gasteiger partial charge is 0.494 e. The van der Waals surface area contributed by atoms with Crippen LogP contribution in [0.1, 0.15) is 42.0 Å². The summed E-state index contributed by atoms with van der Waals surface area (Å²) < 4.78 is 11.3. The maximum absolute atomic E-state index is 13.8. The van der Waals surface area contributed by atoms with Crippen LogP contribution in [-0.2, 0) is 27.9 Å². The lowest BCUT2D eigenvalue weighted by molar-refractivity contribution is -0.142. The summed E-state index contributed by atoms with van der Waals surface area (Å²) in [6, 6.07) is 14.8. The monoisotopic (exact) mass is 379 g/mol. The number of carbonyl (C=O) groups is 1. The second kappa shape index (κ2) is 7.96. The Morgan fingerprint density at radius 1 is 1.11 bits per heavy atom. The highest BCUT2D eigenvalue weighted by atomic mass is 16.5. The predicted molar refractivity (Wildman–Crippen MR) is 110 cm³/mol. The van der Waals surface area contributed by atoms with Gasteiger partial charge in [-0.3, -0.25) is 4.79 Å². The van der Waals surface area contributed by atoms with Gasteiger partial charge in [-0.15, -0.1) is 0 Å². The average molecular weight is 380 g/mol. The van der Waals surface area contributed by atoms with Gasteiger partial charge in [0, 0.05) is 26.3 Å². The fourth-order valence-corrected chi connectivity index (χ4v) is 4.48. The van der Waals surface area contributed by atoms with Crippen molar-refractivity contribution in [1.82, 2.24) is 4.90 Å². The van der Waals surface area contributed by atoms with Crippen molar-refractivity contribution in [3.63, 3.8) is 0 Å². The van der Waals surface area contributed by atoms with Gasteiger partial charge in [0.1, 0.15) is 5.75 Å². The van der Waals surface area contributed by atoms with E-state index in [0.717, 1.165) is 37.1 Å². The highest BCUT2D eigenvalue weighted by molar-refractivity contribution is 5.88. The summed E-state index contributed by atoms with van der Waals surface area (Å²) in [6.45, 7) is 7.43. The molecule has 0 saturated carbocycles. The van der Waals surface area contributed by atoms with Gasteiger partial charge >= 0.3 is 0 Å². The van der Waals surface area contributed by atoms with Crippen LogP contribution in [0.2, 0.25) is 0 Å². The molecule has 2 aromatic rings. The molecule has 0 atom stereocenters. The molecule has 2 heterocycles. The molecule has 0 aliphatic carbocycles. The van der Waals surface area contributed by atoms with E-state index in [1.807, 2.05) is 17.9 Å². The van der Waals surface area contributed by atoms with Gasteiger partial charge < -0.3 is 14.4 Å². The van der Waals surface area contributed by atoms with Gasteiger partial charge in [-0.05, 0) is 61.9 Å². The van der Waals surface area contributed by atoms with Gasteiger partial charge in [0.05, 0.1) is 12.0 Å². The van der Waals surface area contributed by atoms with E-state index in [2.05, 4.69) is 43.3 Å². The molecule has 1 fully saturated rings. The molecule has 4 rings (SSSR count). The molecule has 2 aromatic carbocycles. The smallest absolute Gasteiger partial charge is 0.233 e. The molecule has 0 spiro atoms. The van der Waals surface area contributed by atoms with Crippen molar-refractivity contribution in [1.29, 1.82) is 0 Å². The highest BCUT2D eigenvalue weighted by Crippen LogP contribution is 2.38. The van der Waals surface area contributed by atoms with Crippen molar-refractivity contribution in [3.8, 4) is 5.75 Å². The van der Waals surface area contributed by atoms with Crippen LogP contribution in [0.25, 0.3) is 0 Å². The molecule has 28 heavy (non-hydrogen) atoms. The fraction of sp³-hybridized carbons (Fsp3) is 0.458. The molecule has 2 aliphatic heterocycles. The van der Waals surface area contributed by atoms with E-state index in [0.29, 0.717) is 26.4 Å². The molecule has 0 radical (unpaired) electrons. The van der Waals surface area contributed by atoms with Crippen LogP contribution in [0.4, 0.5) is 0 Å². The fourth-order valence-electron chi connectivity index (χ4n) is 4.48. The van der Waals surface area contributed by atoms with Gasteiger partial charge in [0.25, 0.3) is 0 Å². The number of fused-ring (bicyclic) bond motifs is 1. The van der Waals surface area contributed by atoms with E-state index >= 15 is 0 Å². The molecule has 0 bridgehead atoms. The zero-order valence-corrected chi connectivity index (χ0v) is 16.9. The van der Waals surface area contributed by atoms with Crippen LogP contribution in [0.15, 0.2) is 42.5 Å². The van der Waals surface area contributed by atoms with E-state index in [1.165, 1.54) is 16.7 Å². The molecule has 0 aromatic heterocycles. The average Bonchev–Trinajstić information content (AvgIpc) is 2.74. The van der Waals surface area contributed by atoms with E-state index in [9.17, 15) is 4.79 Å². The molecule has 4 nitrogen and oxygen atoms in total. The standard InChI is InChI=1S/C24H29NO3/c1-3-28-22-9-6-19-10-13-25(17-20(19)16-22)23(26)24(11-14-27-15-12-24)21-7-4-18(2)5-8-21/h4-9,16H,3,10-15,17H2,1-2H3. The van der Waals surface area contributed by atoms with Gasteiger partial charge in [-0.1, -0.05) is 35.9 Å². The zero-order valence-electron chi connectivity index (χ0n) is 16.9. The third-order valence-corrected chi connectivity index (χ3v) is 6.15. The van der Waals surface area contributed by atoms with Crippen molar-refractivity contribution in [2.45, 2.75) is 45.1 Å². The normalized spacial score (nSPS) is 18.4. The molecule has 4 heteroatoms. The van der Waals surface area contributed by atoms with Gasteiger partial charge in [-0.2, -0.15) is 0 Å². The van der Waals surface area contributed by atoms with Crippen molar-refractivity contribution >= 4 is 5.91 Å². The molecular formula is C24H29NO3. The lowest BCUT2D eigenvalue weighted by Crippen LogP contribution is -2.51. The minimum atomic E-state index is -0.471. The SMILES string of the molecule is CCOc1ccc2c(c1)CN(C(=O)C1(c3ccc(C)cc3)CCOCC1)CC2. The number of rotatable bonds is 4. The summed E-state index contributed by atoms with van der Waals surface area (Å²) in [4.78, 5) is 15.9. The number of hydrogen-bond donors (Lipinski definition) is 0. The Kier molecular flexibility index (Phi) is 5.40. The third kappa shape index (κ3) is 3.53. The van der Waals surface area contributed by atoms with Crippen LogP contribution in [0, 0.1) is 6.92 Å². The number of benzene rings is 2. The molecule has 148 valence electrons. The van der Waals surface area contributed by atoms with Crippen molar-refractivity contribution in [2.24, 2.45) is 0 Å². The predicted octanol–water partition coefficient (Wildman–Crippen LogP) is 4.03. The number of hydrogen-bond acceptors (Lipinski definition) is 3. The molecular weight excluding hydrogens is 350 g/mol. The van der Waals surface area contributed by atoms with E-state index in [1.54, 1.807) is 0 Å². The highest BCUT2D eigenvalue weighted by Gasteiger charge is 2.44. The molecule has 1 amide bonds. The van der Waals surface area contributed by atoms with Crippen molar-refractivity contribution in [3.05, 3.63) is 64.7 Å². The maximum atomic E-state index is 13.8. The first-order valence-corrected chi connectivity index (χ1v) is 10.3. The summed E-state index contributed by atoms with van der Waals surface area (Å²) in [5.74, 6) is 1.13. The van der Waals surface area contributed by atoms with Crippen LogP contribution in [-0.4, -0.2) is 37.2 Å². The quantitative estimate of drug-likeness (QED) is 0.805. The number of nitrogens with zero attached hydrogens (tertiary/aromatic N) is 1. The van der Waals surface area contributed by atoms with E-state index in [4.69, 9.17) is 9.47 Å². The minimum Gasteiger partial charge on any atom is -0.494 e. The van der Waals surface area contributed by atoms with Crippen LogP contribution < -0.4 is 4.74 Å². The zero-order chi connectivity index (χ0) is 19.6. The minimum absolute atomic E-state index is 0.243. The van der Waals surface area contributed by atoms with E-state index in [-0.39, 0.29) is 5.91 Å². The Morgan fingerprint density at radius 2 is 1.86 bits per heavy atom. The summed E-state index contributed by atoms with van der Waals surface area (Å²) in [6.07, 6.45) is 2.39. The Hall–Kier alpha value is -2.33. The number of ether oxygens (including phenoxy) is 2.